The van der Waals surface area contributed by atoms with Crippen molar-refractivity contribution in [2.45, 2.75) is 16.1 Å². The van der Waals surface area contributed by atoms with E-state index in [0.29, 0.717) is 11.2 Å². The van der Waals surface area contributed by atoms with E-state index in [0.717, 1.165) is 33.5 Å². The smallest absolute Gasteiger partial charge is 0.138 e. The number of thioether (sulfide) groups is 1. The van der Waals surface area contributed by atoms with E-state index in [9.17, 15) is 0 Å². The van der Waals surface area contributed by atoms with Gasteiger partial charge in [0.05, 0.1) is 16.7 Å². The van der Waals surface area contributed by atoms with E-state index in [-0.39, 0.29) is 0 Å². The normalized spacial score (nSPS) is 16.6. The molecule has 1 aliphatic carbocycles. The van der Waals surface area contributed by atoms with Gasteiger partial charge in [-0.25, -0.2) is 4.98 Å². The molecule has 9 aromatic rings. The molecular formula is C47H30N2S. The van der Waals surface area contributed by atoms with E-state index < -0.39 is 0 Å². The summed E-state index contributed by atoms with van der Waals surface area (Å²) in [6.07, 6.45) is 9.09. The van der Waals surface area contributed by atoms with Crippen LogP contribution < -0.4 is 0 Å². The zero-order valence-electron chi connectivity index (χ0n) is 27.1. The van der Waals surface area contributed by atoms with Gasteiger partial charge in [0, 0.05) is 37.8 Å². The van der Waals surface area contributed by atoms with Crippen molar-refractivity contribution in [3.05, 3.63) is 175 Å². The minimum Gasteiger partial charge on any atom is -0.294 e. The first-order valence-corrected chi connectivity index (χ1v) is 18.2. The third-order valence-electron chi connectivity index (χ3n) is 10.7. The number of hydrogen-bond acceptors (Lipinski definition) is 2. The third-order valence-corrected chi connectivity index (χ3v) is 12.1. The molecule has 0 radical (unpaired) electrons. The Bertz CT molecular complexity index is 2930. The van der Waals surface area contributed by atoms with Gasteiger partial charge in [-0.1, -0.05) is 140 Å². The number of pyridine rings is 1. The summed E-state index contributed by atoms with van der Waals surface area (Å²) < 4.78 is 2.36. The molecule has 2 nitrogen and oxygen atoms in total. The largest absolute Gasteiger partial charge is 0.294 e. The number of hydrogen-bond donors (Lipinski definition) is 0. The Morgan fingerprint density at radius 2 is 1.26 bits per heavy atom. The molecule has 0 bridgehead atoms. The number of fused-ring (bicyclic) bond motifs is 10. The maximum atomic E-state index is 5.47. The van der Waals surface area contributed by atoms with Crippen LogP contribution in [0.1, 0.15) is 11.5 Å². The molecule has 50 heavy (non-hydrogen) atoms. The Morgan fingerprint density at radius 1 is 0.520 bits per heavy atom. The molecule has 2 unspecified atom stereocenters. The van der Waals surface area contributed by atoms with E-state index >= 15 is 0 Å². The van der Waals surface area contributed by atoms with Crippen LogP contribution in [-0.2, 0) is 0 Å². The van der Waals surface area contributed by atoms with Gasteiger partial charge in [-0.3, -0.25) is 4.57 Å². The van der Waals surface area contributed by atoms with Gasteiger partial charge in [0.1, 0.15) is 5.82 Å². The third kappa shape index (κ3) is 4.14. The lowest BCUT2D eigenvalue weighted by Crippen LogP contribution is -2.06. The van der Waals surface area contributed by atoms with Crippen molar-refractivity contribution in [2.24, 2.45) is 0 Å². The topological polar surface area (TPSA) is 17.8 Å². The van der Waals surface area contributed by atoms with Crippen LogP contribution in [0.3, 0.4) is 0 Å². The first-order valence-electron chi connectivity index (χ1n) is 17.3. The number of nitrogens with zero attached hydrogens (tertiary/aromatic N) is 2. The highest BCUT2D eigenvalue weighted by atomic mass is 32.2. The van der Waals surface area contributed by atoms with Crippen molar-refractivity contribution in [1.82, 2.24) is 9.55 Å². The van der Waals surface area contributed by atoms with Crippen LogP contribution >= 0.6 is 11.8 Å². The second-order valence-corrected chi connectivity index (χ2v) is 14.7. The molecular weight excluding hydrogens is 625 g/mol. The van der Waals surface area contributed by atoms with Gasteiger partial charge in [0.2, 0.25) is 0 Å². The lowest BCUT2D eigenvalue weighted by Gasteiger charge is -2.14. The second-order valence-electron chi connectivity index (χ2n) is 13.5. The summed E-state index contributed by atoms with van der Waals surface area (Å²) >= 11 is 2.00. The number of para-hydroxylation sites is 1. The second kappa shape index (κ2) is 10.8. The van der Waals surface area contributed by atoms with Crippen LogP contribution in [0.25, 0.3) is 82.3 Å². The van der Waals surface area contributed by atoms with Gasteiger partial charge in [-0.2, -0.15) is 0 Å². The molecule has 0 saturated heterocycles. The van der Waals surface area contributed by atoms with E-state index in [1.54, 1.807) is 0 Å². The molecule has 3 heteroatoms. The van der Waals surface area contributed by atoms with Crippen molar-refractivity contribution in [2.75, 3.05) is 0 Å². The minimum absolute atomic E-state index is 0.455. The summed E-state index contributed by atoms with van der Waals surface area (Å²) in [5.41, 5.74) is 8.49. The van der Waals surface area contributed by atoms with E-state index in [2.05, 4.69) is 174 Å². The standard InChI is InChI=1S/C47H30N2S/c1-2-11-30-26-34(21-20-29(30)10-1)46-36-13-4-3-12-31(36)28-44(48-46)49-41-18-7-5-15-40(41)45-35-24-22-33(27-32(35)23-25-42(45)49)37-16-9-17-39-38-14-6-8-19-43(38)50-47(37)39/h1-28,38,43H. The molecule has 0 saturated carbocycles. The predicted octanol–water partition coefficient (Wildman–Crippen LogP) is 12.7. The molecule has 3 heterocycles. The van der Waals surface area contributed by atoms with Crippen LogP contribution in [0.4, 0.5) is 0 Å². The van der Waals surface area contributed by atoms with E-state index in [1.807, 2.05) is 11.8 Å². The Kier molecular flexibility index (Phi) is 6.05. The number of aromatic nitrogens is 2. The van der Waals surface area contributed by atoms with Crippen molar-refractivity contribution in [3.8, 4) is 28.2 Å². The number of rotatable bonds is 3. The molecule has 0 amide bonds. The average molecular weight is 655 g/mol. The highest BCUT2D eigenvalue weighted by Gasteiger charge is 2.32. The maximum absolute atomic E-state index is 5.47. The average Bonchev–Trinajstić information content (AvgIpc) is 3.73. The zero-order valence-corrected chi connectivity index (χ0v) is 27.9. The molecule has 7 aromatic carbocycles. The molecule has 0 fully saturated rings. The summed E-state index contributed by atoms with van der Waals surface area (Å²) in [7, 11) is 0. The van der Waals surface area contributed by atoms with Gasteiger partial charge in [-0.05, 0) is 74.0 Å². The van der Waals surface area contributed by atoms with Gasteiger partial charge in [0.25, 0.3) is 0 Å². The number of allylic oxidation sites excluding steroid dienone is 3. The van der Waals surface area contributed by atoms with E-state index in [4.69, 9.17) is 4.98 Å². The fourth-order valence-electron chi connectivity index (χ4n) is 8.36. The van der Waals surface area contributed by atoms with Crippen molar-refractivity contribution < 1.29 is 0 Å². The Hall–Kier alpha value is -5.90. The summed E-state index contributed by atoms with van der Waals surface area (Å²) in [5.74, 6) is 1.38. The molecule has 11 rings (SSSR count). The molecule has 0 N–H and O–H groups in total. The SMILES string of the molecule is C1=CC2Sc3c(-c4ccc5c(ccc6c5c5ccccc5n6-c5cc6ccccc6c(-c6ccc7ccccc7c6)n5)c4)cccc3C2C=C1. The van der Waals surface area contributed by atoms with Crippen molar-refractivity contribution >= 4 is 65.9 Å². The first-order chi connectivity index (χ1) is 24.8. The summed E-state index contributed by atoms with van der Waals surface area (Å²) in [4.78, 5) is 6.89. The monoisotopic (exact) mass is 654 g/mol. The fourth-order valence-corrected chi connectivity index (χ4v) is 9.84. The number of benzene rings is 7. The predicted molar refractivity (Wildman–Crippen MR) is 213 cm³/mol. The van der Waals surface area contributed by atoms with Crippen LogP contribution in [-0.4, -0.2) is 14.8 Å². The lowest BCUT2D eigenvalue weighted by molar-refractivity contribution is 0.881. The van der Waals surface area contributed by atoms with Gasteiger partial charge >= 0.3 is 0 Å². The zero-order chi connectivity index (χ0) is 32.8. The van der Waals surface area contributed by atoms with E-state index in [1.165, 1.54) is 59.3 Å². The molecule has 2 aromatic heterocycles. The quantitative estimate of drug-likeness (QED) is 0.189. The van der Waals surface area contributed by atoms with Crippen molar-refractivity contribution in [1.29, 1.82) is 0 Å². The Labute approximate surface area is 294 Å². The molecule has 0 spiro atoms. The van der Waals surface area contributed by atoms with Crippen LogP contribution in [0.5, 0.6) is 0 Å². The Balaban J connectivity index is 1.11. The van der Waals surface area contributed by atoms with Crippen LogP contribution in [0, 0.1) is 0 Å². The van der Waals surface area contributed by atoms with Gasteiger partial charge in [0.15, 0.2) is 0 Å². The molecule has 1 aliphatic heterocycles. The summed E-state index contributed by atoms with van der Waals surface area (Å²) in [6, 6.07) is 53.3. The van der Waals surface area contributed by atoms with Gasteiger partial charge in [-0.15, -0.1) is 11.8 Å². The fraction of sp³-hybridized carbons (Fsp3) is 0.0426. The maximum Gasteiger partial charge on any atom is 0.138 e. The summed E-state index contributed by atoms with van der Waals surface area (Å²) in [5, 5.41) is 10.3. The van der Waals surface area contributed by atoms with Gasteiger partial charge < -0.3 is 0 Å². The van der Waals surface area contributed by atoms with Crippen LogP contribution in [0.2, 0.25) is 0 Å². The highest BCUT2D eigenvalue weighted by molar-refractivity contribution is 8.00. The highest BCUT2D eigenvalue weighted by Crippen LogP contribution is 2.52. The molecule has 234 valence electrons. The molecule has 2 atom stereocenters. The minimum atomic E-state index is 0.455. The molecule has 2 aliphatic rings. The van der Waals surface area contributed by atoms with Crippen LogP contribution in [0.15, 0.2) is 175 Å². The summed E-state index contributed by atoms with van der Waals surface area (Å²) in [6.45, 7) is 0. The lowest BCUT2D eigenvalue weighted by atomic mass is 9.90. The Morgan fingerprint density at radius 3 is 2.20 bits per heavy atom. The van der Waals surface area contributed by atoms with Crippen molar-refractivity contribution in [3.63, 3.8) is 0 Å². The first kappa shape index (κ1) is 28.0.